The van der Waals surface area contributed by atoms with Crippen molar-refractivity contribution in [2.45, 2.75) is 46.2 Å². The molecule has 0 spiro atoms. The van der Waals surface area contributed by atoms with Crippen LogP contribution in [0.3, 0.4) is 0 Å². The van der Waals surface area contributed by atoms with Gasteiger partial charge in [-0.05, 0) is 32.0 Å². The molecule has 1 aliphatic rings. The summed E-state index contributed by atoms with van der Waals surface area (Å²) in [5.41, 5.74) is 1.33. The van der Waals surface area contributed by atoms with E-state index in [1.165, 1.54) is 25.1 Å². The van der Waals surface area contributed by atoms with Crippen LogP contribution in [0, 0.1) is 0 Å². The highest BCUT2D eigenvalue weighted by atomic mass is 15.2. The Balaban J connectivity index is 1.94. The summed E-state index contributed by atoms with van der Waals surface area (Å²) in [6, 6.07) is 4.98. The average molecular weight is 290 g/mol. The first-order chi connectivity index (χ1) is 10.3. The lowest BCUT2D eigenvalue weighted by molar-refractivity contribution is 0.209. The van der Waals surface area contributed by atoms with E-state index in [1.807, 2.05) is 12.3 Å². The number of likely N-dealkylation sites (tertiary alicyclic amines) is 1. The van der Waals surface area contributed by atoms with Crippen molar-refractivity contribution in [1.82, 2.24) is 14.8 Å². The molecule has 4 nitrogen and oxygen atoms in total. The third-order valence-electron chi connectivity index (χ3n) is 4.40. The Morgan fingerprint density at radius 2 is 2.14 bits per heavy atom. The smallest absolute Gasteiger partial charge is 0.130 e. The molecule has 1 aromatic heterocycles. The van der Waals surface area contributed by atoms with Gasteiger partial charge in [0, 0.05) is 44.0 Å². The van der Waals surface area contributed by atoms with Gasteiger partial charge in [-0.1, -0.05) is 26.8 Å². The summed E-state index contributed by atoms with van der Waals surface area (Å²) in [4.78, 5) is 9.65. The second-order valence-electron chi connectivity index (χ2n) is 5.84. The van der Waals surface area contributed by atoms with Crippen molar-refractivity contribution in [3.8, 4) is 0 Å². The zero-order chi connectivity index (χ0) is 15.1. The van der Waals surface area contributed by atoms with E-state index in [0.29, 0.717) is 0 Å². The highest BCUT2D eigenvalue weighted by molar-refractivity contribution is 5.43. The first kappa shape index (κ1) is 16.2. The summed E-state index contributed by atoms with van der Waals surface area (Å²) in [6.07, 6.45) is 4.30. The first-order valence-electron chi connectivity index (χ1n) is 8.42. The van der Waals surface area contributed by atoms with Crippen LogP contribution in [0.15, 0.2) is 18.3 Å². The van der Waals surface area contributed by atoms with E-state index in [9.17, 15) is 0 Å². The highest BCUT2D eigenvalue weighted by Gasteiger charge is 2.26. The standard InChI is InChI=1S/C17H30N4/c1-4-10-18-17-15(8-7-11-19-17)13-20-12-9-16(14-20)21(5-2)6-3/h7-8,11,16H,4-6,9-10,12-14H2,1-3H3,(H,18,19). The SMILES string of the molecule is CCCNc1ncccc1CN1CCC(N(CC)CC)C1. The van der Waals surface area contributed by atoms with Gasteiger partial charge in [-0.2, -0.15) is 0 Å². The first-order valence-corrected chi connectivity index (χ1v) is 8.42. The summed E-state index contributed by atoms with van der Waals surface area (Å²) in [5.74, 6) is 1.06. The molecule has 2 heterocycles. The average Bonchev–Trinajstić information content (AvgIpc) is 2.96. The van der Waals surface area contributed by atoms with E-state index in [-0.39, 0.29) is 0 Å². The molecule has 21 heavy (non-hydrogen) atoms. The van der Waals surface area contributed by atoms with Crippen LogP contribution in [0.25, 0.3) is 0 Å². The molecule has 4 heteroatoms. The van der Waals surface area contributed by atoms with Crippen molar-refractivity contribution in [2.75, 3.05) is 38.0 Å². The highest BCUT2D eigenvalue weighted by Crippen LogP contribution is 2.20. The van der Waals surface area contributed by atoms with Crippen LogP contribution in [0.2, 0.25) is 0 Å². The van der Waals surface area contributed by atoms with Crippen LogP contribution in [-0.2, 0) is 6.54 Å². The molecule has 1 fully saturated rings. The summed E-state index contributed by atoms with van der Waals surface area (Å²) in [5, 5.41) is 3.45. The van der Waals surface area contributed by atoms with Crippen LogP contribution in [0.4, 0.5) is 5.82 Å². The van der Waals surface area contributed by atoms with E-state index < -0.39 is 0 Å². The monoisotopic (exact) mass is 290 g/mol. The topological polar surface area (TPSA) is 31.4 Å². The molecule has 1 unspecified atom stereocenters. The molecule has 0 amide bonds. The largest absolute Gasteiger partial charge is 0.370 e. The van der Waals surface area contributed by atoms with E-state index >= 15 is 0 Å². The predicted molar refractivity (Wildman–Crippen MR) is 89.6 cm³/mol. The van der Waals surface area contributed by atoms with Gasteiger partial charge in [-0.25, -0.2) is 4.98 Å². The lowest BCUT2D eigenvalue weighted by Gasteiger charge is -2.26. The number of pyridine rings is 1. The quantitative estimate of drug-likeness (QED) is 0.798. The van der Waals surface area contributed by atoms with E-state index in [4.69, 9.17) is 0 Å². The fourth-order valence-electron chi connectivity index (χ4n) is 3.20. The number of likely N-dealkylation sites (N-methyl/N-ethyl adjacent to an activating group) is 1. The second kappa shape index (κ2) is 8.35. The van der Waals surface area contributed by atoms with E-state index in [2.05, 4.69) is 46.9 Å². The molecule has 1 aromatic rings. The molecular weight excluding hydrogens is 260 g/mol. The van der Waals surface area contributed by atoms with Crippen molar-refractivity contribution < 1.29 is 0 Å². The van der Waals surface area contributed by atoms with E-state index in [1.54, 1.807) is 0 Å². The van der Waals surface area contributed by atoms with Crippen LogP contribution < -0.4 is 5.32 Å². The van der Waals surface area contributed by atoms with Crippen LogP contribution >= 0.6 is 0 Å². The Hall–Kier alpha value is -1.13. The zero-order valence-electron chi connectivity index (χ0n) is 13.8. The number of hydrogen-bond donors (Lipinski definition) is 1. The van der Waals surface area contributed by atoms with Crippen LogP contribution in [0.5, 0.6) is 0 Å². The maximum absolute atomic E-state index is 4.50. The van der Waals surface area contributed by atoms with Crippen molar-refractivity contribution >= 4 is 5.82 Å². The molecule has 0 aromatic carbocycles. The molecule has 1 aliphatic heterocycles. The van der Waals surface area contributed by atoms with Crippen molar-refractivity contribution in [2.24, 2.45) is 0 Å². The van der Waals surface area contributed by atoms with Crippen molar-refractivity contribution in [3.05, 3.63) is 23.9 Å². The Labute approximate surface area is 129 Å². The Morgan fingerprint density at radius 3 is 2.86 bits per heavy atom. The maximum Gasteiger partial charge on any atom is 0.130 e. The molecule has 0 radical (unpaired) electrons. The van der Waals surface area contributed by atoms with Gasteiger partial charge in [0.15, 0.2) is 0 Å². The third kappa shape index (κ3) is 4.42. The number of nitrogens with zero attached hydrogens (tertiary/aromatic N) is 3. The van der Waals surface area contributed by atoms with Gasteiger partial charge in [0.1, 0.15) is 5.82 Å². The lowest BCUT2D eigenvalue weighted by atomic mass is 10.2. The Kier molecular flexibility index (Phi) is 6.46. The van der Waals surface area contributed by atoms with E-state index in [0.717, 1.165) is 44.5 Å². The number of hydrogen-bond acceptors (Lipinski definition) is 4. The van der Waals surface area contributed by atoms with Gasteiger partial charge in [-0.15, -0.1) is 0 Å². The third-order valence-corrected chi connectivity index (χ3v) is 4.40. The molecule has 0 bridgehead atoms. The van der Waals surface area contributed by atoms with Crippen molar-refractivity contribution in [3.63, 3.8) is 0 Å². The Bertz CT molecular complexity index is 417. The predicted octanol–water partition coefficient (Wildman–Crippen LogP) is 2.82. The van der Waals surface area contributed by atoms with Gasteiger partial charge < -0.3 is 5.32 Å². The zero-order valence-corrected chi connectivity index (χ0v) is 13.8. The molecule has 118 valence electrons. The second-order valence-corrected chi connectivity index (χ2v) is 5.84. The maximum atomic E-state index is 4.50. The number of rotatable bonds is 8. The molecule has 1 N–H and O–H groups in total. The van der Waals surface area contributed by atoms with Gasteiger partial charge in [0.2, 0.25) is 0 Å². The van der Waals surface area contributed by atoms with Crippen LogP contribution in [-0.4, -0.2) is 53.5 Å². The molecule has 1 atom stereocenters. The fraction of sp³-hybridized carbons (Fsp3) is 0.706. The molecular formula is C17H30N4. The number of aromatic nitrogens is 1. The van der Waals surface area contributed by atoms with Gasteiger partial charge in [0.25, 0.3) is 0 Å². The van der Waals surface area contributed by atoms with Gasteiger partial charge in [0.05, 0.1) is 0 Å². The normalized spacial score (nSPS) is 19.3. The van der Waals surface area contributed by atoms with Crippen LogP contribution in [0.1, 0.15) is 39.2 Å². The number of anilines is 1. The minimum absolute atomic E-state index is 0.726. The molecule has 1 saturated heterocycles. The lowest BCUT2D eigenvalue weighted by Crippen LogP contribution is -2.37. The summed E-state index contributed by atoms with van der Waals surface area (Å²) in [7, 11) is 0. The number of nitrogens with one attached hydrogen (secondary N) is 1. The minimum atomic E-state index is 0.726. The summed E-state index contributed by atoms with van der Waals surface area (Å²) < 4.78 is 0. The molecule has 0 saturated carbocycles. The summed E-state index contributed by atoms with van der Waals surface area (Å²) >= 11 is 0. The fourth-order valence-corrected chi connectivity index (χ4v) is 3.20. The Morgan fingerprint density at radius 1 is 1.33 bits per heavy atom. The summed E-state index contributed by atoms with van der Waals surface area (Å²) in [6.45, 7) is 13.4. The molecule has 2 rings (SSSR count). The van der Waals surface area contributed by atoms with Gasteiger partial charge in [-0.3, -0.25) is 9.80 Å². The van der Waals surface area contributed by atoms with Gasteiger partial charge >= 0.3 is 0 Å². The van der Waals surface area contributed by atoms with Crippen molar-refractivity contribution in [1.29, 1.82) is 0 Å². The minimum Gasteiger partial charge on any atom is -0.370 e. The molecule has 0 aliphatic carbocycles.